The number of fused-ring (bicyclic) bond motifs is 1. The fourth-order valence-corrected chi connectivity index (χ4v) is 6.90. The molecular formula is C28H44O4. The van der Waals surface area contributed by atoms with Crippen molar-refractivity contribution in [3.63, 3.8) is 0 Å². The fraction of sp³-hybridized carbons (Fsp3) is 0.750. The van der Waals surface area contributed by atoms with E-state index in [1.54, 1.807) is 13.8 Å². The van der Waals surface area contributed by atoms with Gasteiger partial charge in [-0.3, -0.25) is 4.79 Å². The lowest BCUT2D eigenvalue weighted by Gasteiger charge is -2.48. The third-order valence-electron chi connectivity index (χ3n) is 8.85. The molecule has 3 saturated carbocycles. The van der Waals surface area contributed by atoms with Crippen LogP contribution in [0.1, 0.15) is 92.4 Å². The zero-order valence-corrected chi connectivity index (χ0v) is 20.8. The van der Waals surface area contributed by atoms with Crippen molar-refractivity contribution in [3.8, 4) is 0 Å². The number of aliphatic hydroxyl groups is 3. The van der Waals surface area contributed by atoms with Crippen molar-refractivity contribution < 1.29 is 20.1 Å². The number of hydrogen-bond acceptors (Lipinski definition) is 4. The highest BCUT2D eigenvalue weighted by Gasteiger charge is 2.53. The SMILES string of the molecule is C=C1/C(=C\C=C2/CCC[C@]3(C)[C@@H](C(C)(C)CCC(=O)C(C)(C)O)CC[C@@H]23)C[C@@H](O)C[C@@H]1O. The average molecular weight is 445 g/mol. The van der Waals surface area contributed by atoms with E-state index in [0.29, 0.717) is 31.1 Å². The topological polar surface area (TPSA) is 77.8 Å². The molecule has 3 fully saturated rings. The second-order valence-electron chi connectivity index (χ2n) is 12.1. The van der Waals surface area contributed by atoms with Gasteiger partial charge in [-0.2, -0.15) is 0 Å². The van der Waals surface area contributed by atoms with Crippen LogP contribution in [0.3, 0.4) is 0 Å². The van der Waals surface area contributed by atoms with Crippen molar-refractivity contribution >= 4 is 5.78 Å². The molecule has 180 valence electrons. The van der Waals surface area contributed by atoms with E-state index in [9.17, 15) is 20.1 Å². The number of aliphatic hydroxyl groups excluding tert-OH is 2. The minimum atomic E-state index is -1.25. The maximum atomic E-state index is 12.3. The normalized spacial score (nSPS) is 36.6. The first-order valence-corrected chi connectivity index (χ1v) is 12.5. The molecule has 3 N–H and O–H groups in total. The molecule has 0 aromatic carbocycles. The molecule has 0 unspecified atom stereocenters. The van der Waals surface area contributed by atoms with Crippen molar-refractivity contribution in [1.29, 1.82) is 0 Å². The fourth-order valence-electron chi connectivity index (χ4n) is 6.90. The van der Waals surface area contributed by atoms with Gasteiger partial charge in [0, 0.05) is 12.8 Å². The molecular weight excluding hydrogens is 400 g/mol. The first-order chi connectivity index (χ1) is 14.8. The van der Waals surface area contributed by atoms with E-state index >= 15 is 0 Å². The van der Waals surface area contributed by atoms with Gasteiger partial charge in [0.1, 0.15) is 5.60 Å². The van der Waals surface area contributed by atoms with Crippen LogP contribution in [0.4, 0.5) is 0 Å². The van der Waals surface area contributed by atoms with E-state index in [1.807, 2.05) is 0 Å². The molecule has 0 saturated heterocycles. The van der Waals surface area contributed by atoms with Gasteiger partial charge in [0.2, 0.25) is 0 Å². The van der Waals surface area contributed by atoms with E-state index in [4.69, 9.17) is 0 Å². The Morgan fingerprint density at radius 1 is 1.19 bits per heavy atom. The molecule has 0 bridgehead atoms. The Balaban J connectivity index is 1.77. The summed E-state index contributed by atoms with van der Waals surface area (Å²) < 4.78 is 0. The van der Waals surface area contributed by atoms with Crippen LogP contribution in [0.15, 0.2) is 35.5 Å². The Morgan fingerprint density at radius 2 is 1.88 bits per heavy atom. The van der Waals surface area contributed by atoms with Crippen molar-refractivity contribution in [3.05, 3.63) is 35.5 Å². The van der Waals surface area contributed by atoms with Gasteiger partial charge in [-0.25, -0.2) is 0 Å². The van der Waals surface area contributed by atoms with Gasteiger partial charge in [0.25, 0.3) is 0 Å². The van der Waals surface area contributed by atoms with Crippen LogP contribution in [-0.2, 0) is 4.79 Å². The molecule has 32 heavy (non-hydrogen) atoms. The summed E-state index contributed by atoms with van der Waals surface area (Å²) in [6, 6.07) is 0. The molecule has 3 aliphatic carbocycles. The van der Waals surface area contributed by atoms with Crippen LogP contribution < -0.4 is 0 Å². The lowest BCUT2D eigenvalue weighted by molar-refractivity contribution is -0.135. The summed E-state index contributed by atoms with van der Waals surface area (Å²) in [7, 11) is 0. The average Bonchev–Trinajstić information content (AvgIpc) is 3.05. The molecule has 0 aliphatic heterocycles. The van der Waals surface area contributed by atoms with Crippen LogP contribution >= 0.6 is 0 Å². The van der Waals surface area contributed by atoms with Gasteiger partial charge in [0.15, 0.2) is 5.78 Å². The predicted molar refractivity (Wildman–Crippen MR) is 129 cm³/mol. The molecule has 0 amide bonds. The first-order valence-electron chi connectivity index (χ1n) is 12.5. The maximum Gasteiger partial charge on any atom is 0.163 e. The Morgan fingerprint density at radius 3 is 2.53 bits per heavy atom. The standard InChI is InChI=1S/C28H44O4/c1-18-20(16-21(29)17-23(18)30)10-9-19-8-7-14-28(6)22(19)11-12-24(28)26(2,3)15-13-25(31)27(4,5)32/h9-10,21-24,29-30,32H,1,7-8,11-17H2,2-6H3/b19-9+,20-10-/t21-,22+,23+,24-,28+/m1/s1. The highest BCUT2D eigenvalue weighted by atomic mass is 16.3. The van der Waals surface area contributed by atoms with E-state index < -0.39 is 17.8 Å². The molecule has 0 heterocycles. The number of carbonyl (C=O) groups is 1. The Kier molecular flexibility index (Phi) is 7.30. The highest BCUT2D eigenvalue weighted by Crippen LogP contribution is 2.62. The molecule has 3 aliphatic rings. The summed E-state index contributed by atoms with van der Waals surface area (Å²) in [4.78, 5) is 12.3. The summed E-state index contributed by atoms with van der Waals surface area (Å²) in [5.41, 5.74) is 2.20. The zero-order valence-electron chi connectivity index (χ0n) is 20.8. The molecule has 0 aromatic rings. The number of hydrogen-bond donors (Lipinski definition) is 3. The number of Topliss-reactive ketones (excluding diaryl/α,β-unsaturated/α-hetero) is 1. The molecule has 4 nitrogen and oxygen atoms in total. The van der Waals surface area contributed by atoms with Gasteiger partial charge >= 0.3 is 0 Å². The lowest BCUT2D eigenvalue weighted by atomic mass is 9.57. The van der Waals surface area contributed by atoms with Crippen molar-refractivity contribution in [2.75, 3.05) is 0 Å². The van der Waals surface area contributed by atoms with E-state index in [-0.39, 0.29) is 16.6 Å². The zero-order chi connectivity index (χ0) is 23.9. The minimum absolute atomic E-state index is 0.0389. The summed E-state index contributed by atoms with van der Waals surface area (Å²) in [5, 5.41) is 30.2. The van der Waals surface area contributed by atoms with E-state index in [2.05, 4.69) is 39.5 Å². The van der Waals surface area contributed by atoms with Crippen LogP contribution in [0.25, 0.3) is 0 Å². The van der Waals surface area contributed by atoms with Crippen LogP contribution in [0.5, 0.6) is 0 Å². The number of ketones is 1. The maximum absolute atomic E-state index is 12.3. The van der Waals surface area contributed by atoms with Gasteiger partial charge in [-0.15, -0.1) is 0 Å². The highest BCUT2D eigenvalue weighted by molar-refractivity contribution is 5.86. The Labute approximate surface area is 194 Å². The van der Waals surface area contributed by atoms with Gasteiger partial charge in [-0.05, 0) is 92.6 Å². The summed E-state index contributed by atoms with van der Waals surface area (Å²) in [6.45, 7) is 14.3. The summed E-state index contributed by atoms with van der Waals surface area (Å²) in [5.74, 6) is 1.01. The number of allylic oxidation sites excluding steroid dienone is 3. The van der Waals surface area contributed by atoms with E-state index in [1.165, 1.54) is 31.3 Å². The first kappa shape index (κ1) is 25.4. The van der Waals surface area contributed by atoms with Gasteiger partial charge in [0.05, 0.1) is 12.2 Å². The summed E-state index contributed by atoms with van der Waals surface area (Å²) >= 11 is 0. The predicted octanol–water partition coefficient (Wildman–Crippen LogP) is 5.27. The molecule has 0 spiro atoms. The third-order valence-corrected chi connectivity index (χ3v) is 8.85. The minimum Gasteiger partial charge on any atom is -0.393 e. The van der Waals surface area contributed by atoms with Crippen molar-refractivity contribution in [1.82, 2.24) is 0 Å². The van der Waals surface area contributed by atoms with Crippen molar-refractivity contribution in [2.45, 2.75) is 110 Å². The second kappa shape index (κ2) is 9.19. The molecule has 5 atom stereocenters. The second-order valence-corrected chi connectivity index (χ2v) is 12.1. The lowest BCUT2D eigenvalue weighted by Crippen LogP contribution is -2.41. The molecule has 0 radical (unpaired) electrons. The molecule has 4 heteroatoms. The molecule has 3 rings (SSSR count). The number of rotatable bonds is 6. The third kappa shape index (κ3) is 5.13. The van der Waals surface area contributed by atoms with Crippen LogP contribution in [-0.4, -0.2) is 38.9 Å². The van der Waals surface area contributed by atoms with Gasteiger partial charge < -0.3 is 15.3 Å². The monoisotopic (exact) mass is 444 g/mol. The quantitative estimate of drug-likeness (QED) is 0.521. The van der Waals surface area contributed by atoms with Crippen molar-refractivity contribution in [2.24, 2.45) is 22.7 Å². The Hall–Kier alpha value is -1.23. The van der Waals surface area contributed by atoms with Crippen LogP contribution in [0, 0.1) is 22.7 Å². The number of carbonyl (C=O) groups excluding carboxylic acids is 1. The van der Waals surface area contributed by atoms with E-state index in [0.717, 1.165) is 24.0 Å². The molecule has 0 aromatic heterocycles. The summed E-state index contributed by atoms with van der Waals surface area (Å²) in [6.07, 6.45) is 11.2. The largest absolute Gasteiger partial charge is 0.393 e. The van der Waals surface area contributed by atoms with Gasteiger partial charge in [-0.1, -0.05) is 45.1 Å². The van der Waals surface area contributed by atoms with Crippen LogP contribution in [0.2, 0.25) is 0 Å². The smallest absolute Gasteiger partial charge is 0.163 e. The Bertz CT molecular complexity index is 797.